The van der Waals surface area contributed by atoms with Crippen LogP contribution in [0.5, 0.6) is 5.88 Å². The van der Waals surface area contributed by atoms with E-state index >= 15 is 0 Å². The maximum Gasteiger partial charge on any atom is 0.337 e. The summed E-state index contributed by atoms with van der Waals surface area (Å²) >= 11 is 0. The normalized spacial score (nSPS) is 10.1. The lowest BCUT2D eigenvalue weighted by atomic mass is 10.1. The molecule has 0 fully saturated rings. The number of carboxylic acids is 1. The van der Waals surface area contributed by atoms with Crippen molar-refractivity contribution >= 4 is 23.0 Å². The van der Waals surface area contributed by atoms with Gasteiger partial charge in [-0.1, -0.05) is 0 Å². The Balaban J connectivity index is 2.17. The molecule has 0 atom stereocenters. The lowest BCUT2D eigenvalue weighted by molar-refractivity contribution is 0.0698. The highest BCUT2D eigenvalue weighted by atomic mass is 16.5. The van der Waals surface area contributed by atoms with Gasteiger partial charge in [0.15, 0.2) is 0 Å². The van der Waals surface area contributed by atoms with E-state index < -0.39 is 5.97 Å². The van der Waals surface area contributed by atoms with Crippen molar-refractivity contribution in [2.75, 3.05) is 17.7 Å². The Labute approximate surface area is 116 Å². The lowest BCUT2D eigenvalue weighted by Crippen LogP contribution is -2.03. The number of pyridine rings is 1. The number of carbonyl (C=O) groups is 1. The van der Waals surface area contributed by atoms with Crippen molar-refractivity contribution in [3.63, 3.8) is 0 Å². The number of ether oxygens (including phenoxy) is 1. The van der Waals surface area contributed by atoms with E-state index in [2.05, 4.69) is 10.3 Å². The van der Waals surface area contributed by atoms with Gasteiger partial charge in [0.1, 0.15) is 0 Å². The number of nitrogens with zero attached hydrogens (tertiary/aromatic N) is 1. The molecule has 104 valence electrons. The van der Waals surface area contributed by atoms with Crippen molar-refractivity contribution in [2.45, 2.75) is 6.92 Å². The highest BCUT2D eigenvalue weighted by molar-refractivity contribution is 5.95. The van der Waals surface area contributed by atoms with E-state index in [1.165, 1.54) is 6.07 Å². The predicted molar refractivity (Wildman–Crippen MR) is 76.5 cm³/mol. The first-order valence-corrected chi connectivity index (χ1v) is 6.09. The number of nitrogen functional groups attached to an aromatic ring is 1. The van der Waals surface area contributed by atoms with Crippen LogP contribution in [0.25, 0.3) is 0 Å². The zero-order chi connectivity index (χ0) is 14.5. The van der Waals surface area contributed by atoms with Gasteiger partial charge in [-0.15, -0.1) is 0 Å². The van der Waals surface area contributed by atoms with Crippen molar-refractivity contribution in [3.8, 4) is 5.88 Å². The van der Waals surface area contributed by atoms with Crippen molar-refractivity contribution in [1.29, 1.82) is 0 Å². The summed E-state index contributed by atoms with van der Waals surface area (Å²) < 4.78 is 5.24. The Hall–Kier alpha value is -2.76. The summed E-state index contributed by atoms with van der Waals surface area (Å²) in [5.74, 6) is -0.516. The second-order valence-electron chi connectivity index (χ2n) is 4.05. The summed E-state index contributed by atoms with van der Waals surface area (Å²) in [6, 6.07) is 8.27. The molecular formula is C14H15N3O3. The third kappa shape index (κ3) is 3.17. The number of hydrogen-bond donors (Lipinski definition) is 3. The fraction of sp³-hybridized carbons (Fsp3) is 0.143. The molecule has 0 bridgehead atoms. The van der Waals surface area contributed by atoms with E-state index in [9.17, 15) is 4.79 Å². The predicted octanol–water partition coefficient (Wildman–Crippen LogP) is 2.50. The molecular weight excluding hydrogens is 258 g/mol. The number of nitrogens with two attached hydrogens (primary N) is 1. The van der Waals surface area contributed by atoms with Crippen LogP contribution in [-0.4, -0.2) is 22.7 Å². The van der Waals surface area contributed by atoms with E-state index in [1.807, 2.05) is 6.92 Å². The van der Waals surface area contributed by atoms with Crippen molar-refractivity contribution in [1.82, 2.24) is 4.98 Å². The Morgan fingerprint density at radius 3 is 2.70 bits per heavy atom. The van der Waals surface area contributed by atoms with Crippen LogP contribution in [0.1, 0.15) is 17.3 Å². The Morgan fingerprint density at radius 2 is 2.10 bits per heavy atom. The fourth-order valence-corrected chi connectivity index (χ4v) is 1.67. The molecule has 0 saturated heterocycles. The summed E-state index contributed by atoms with van der Waals surface area (Å²) in [5, 5.41) is 12.1. The number of aromatic nitrogens is 1. The van der Waals surface area contributed by atoms with E-state index in [4.69, 9.17) is 15.6 Å². The molecule has 0 aliphatic rings. The SMILES string of the molecule is CCOc1ccc(Nc2ccc(N)c(C(=O)O)c2)cn1. The first kappa shape index (κ1) is 13.7. The van der Waals surface area contributed by atoms with Gasteiger partial charge in [-0.2, -0.15) is 0 Å². The maximum atomic E-state index is 11.0. The lowest BCUT2D eigenvalue weighted by Gasteiger charge is -2.09. The molecule has 20 heavy (non-hydrogen) atoms. The van der Waals surface area contributed by atoms with Gasteiger partial charge in [-0.3, -0.25) is 0 Å². The summed E-state index contributed by atoms with van der Waals surface area (Å²) in [7, 11) is 0. The van der Waals surface area contributed by atoms with Gasteiger partial charge < -0.3 is 20.9 Å². The molecule has 0 amide bonds. The van der Waals surface area contributed by atoms with E-state index in [-0.39, 0.29) is 11.3 Å². The number of anilines is 3. The molecule has 0 radical (unpaired) electrons. The smallest absolute Gasteiger partial charge is 0.337 e. The van der Waals surface area contributed by atoms with Crippen LogP contribution in [0, 0.1) is 0 Å². The number of hydrogen-bond acceptors (Lipinski definition) is 5. The highest BCUT2D eigenvalue weighted by Crippen LogP contribution is 2.22. The topological polar surface area (TPSA) is 97.5 Å². The monoisotopic (exact) mass is 273 g/mol. The van der Waals surface area contributed by atoms with Crippen LogP contribution in [0.3, 0.4) is 0 Å². The minimum atomic E-state index is -1.06. The van der Waals surface area contributed by atoms with Gasteiger partial charge in [0.2, 0.25) is 5.88 Å². The Morgan fingerprint density at radius 1 is 1.35 bits per heavy atom. The first-order chi connectivity index (χ1) is 9.60. The second kappa shape index (κ2) is 5.92. The average molecular weight is 273 g/mol. The van der Waals surface area contributed by atoms with Crippen LogP contribution in [0.4, 0.5) is 17.1 Å². The molecule has 0 aliphatic heterocycles. The molecule has 2 aromatic rings. The van der Waals surface area contributed by atoms with Gasteiger partial charge in [-0.25, -0.2) is 9.78 Å². The minimum Gasteiger partial charge on any atom is -0.478 e. The standard InChI is InChI=1S/C14H15N3O3/c1-2-20-13-6-4-10(8-16-13)17-9-3-5-12(15)11(7-9)14(18)19/h3-8,17H,2,15H2,1H3,(H,18,19). The zero-order valence-electron chi connectivity index (χ0n) is 11.0. The highest BCUT2D eigenvalue weighted by Gasteiger charge is 2.08. The molecule has 4 N–H and O–H groups in total. The van der Waals surface area contributed by atoms with E-state index in [0.29, 0.717) is 18.2 Å². The zero-order valence-corrected chi connectivity index (χ0v) is 11.0. The molecule has 0 saturated carbocycles. The largest absolute Gasteiger partial charge is 0.478 e. The van der Waals surface area contributed by atoms with Crippen LogP contribution >= 0.6 is 0 Å². The molecule has 6 nitrogen and oxygen atoms in total. The van der Waals surface area contributed by atoms with E-state index in [0.717, 1.165) is 5.69 Å². The van der Waals surface area contributed by atoms with Crippen LogP contribution < -0.4 is 15.8 Å². The minimum absolute atomic E-state index is 0.0638. The molecule has 0 aliphatic carbocycles. The van der Waals surface area contributed by atoms with Gasteiger partial charge in [-0.05, 0) is 31.2 Å². The third-order valence-electron chi connectivity index (χ3n) is 2.60. The molecule has 6 heteroatoms. The number of rotatable bonds is 5. The Kier molecular flexibility index (Phi) is 4.05. The molecule has 0 unspecified atom stereocenters. The third-order valence-corrected chi connectivity index (χ3v) is 2.60. The van der Waals surface area contributed by atoms with E-state index in [1.54, 1.807) is 30.5 Å². The second-order valence-corrected chi connectivity index (χ2v) is 4.05. The van der Waals surface area contributed by atoms with Gasteiger partial charge >= 0.3 is 5.97 Å². The van der Waals surface area contributed by atoms with Crippen LogP contribution in [-0.2, 0) is 0 Å². The van der Waals surface area contributed by atoms with Crippen LogP contribution in [0.15, 0.2) is 36.5 Å². The summed E-state index contributed by atoms with van der Waals surface area (Å²) in [5.41, 5.74) is 7.25. The molecule has 1 aromatic carbocycles. The fourth-order valence-electron chi connectivity index (χ4n) is 1.67. The summed E-state index contributed by atoms with van der Waals surface area (Å²) in [4.78, 5) is 15.1. The molecule has 0 spiro atoms. The van der Waals surface area contributed by atoms with Crippen molar-refractivity contribution in [3.05, 3.63) is 42.1 Å². The van der Waals surface area contributed by atoms with Gasteiger partial charge in [0, 0.05) is 17.4 Å². The molecule has 1 aromatic heterocycles. The molecule has 1 heterocycles. The van der Waals surface area contributed by atoms with Crippen molar-refractivity contribution in [2.24, 2.45) is 0 Å². The Bertz CT molecular complexity index is 612. The van der Waals surface area contributed by atoms with Crippen molar-refractivity contribution < 1.29 is 14.6 Å². The van der Waals surface area contributed by atoms with Gasteiger partial charge in [0.05, 0.1) is 24.1 Å². The van der Waals surface area contributed by atoms with Gasteiger partial charge in [0.25, 0.3) is 0 Å². The number of aromatic carboxylic acids is 1. The van der Waals surface area contributed by atoms with Crippen LogP contribution in [0.2, 0.25) is 0 Å². The summed E-state index contributed by atoms with van der Waals surface area (Å²) in [6.45, 7) is 2.44. The maximum absolute atomic E-state index is 11.0. The quantitative estimate of drug-likeness (QED) is 0.724. The average Bonchev–Trinajstić information content (AvgIpc) is 2.43. The number of carboxylic acid groups (broad SMARTS) is 1. The summed E-state index contributed by atoms with van der Waals surface area (Å²) in [6.07, 6.45) is 1.61. The molecule has 2 rings (SSSR count). The number of benzene rings is 1. The number of nitrogens with one attached hydrogen (secondary N) is 1. The first-order valence-electron chi connectivity index (χ1n) is 6.09.